The molecule has 0 spiro atoms. The monoisotopic (exact) mass is 361 g/mol. The maximum Gasteiger partial charge on any atom is 0.312 e. The standard InChI is InChI=1S/C19H17F2NO4/c1-11(26-13-6-7-16(20)17(21)8-13)18(23)22-9-12-4-2-3-5-14(12)15(10-22)19(24)25/h2-8,11,15H,9-10H2,1H3,(H,24,25). The summed E-state index contributed by atoms with van der Waals surface area (Å²) < 4.78 is 31.7. The average Bonchev–Trinajstić information content (AvgIpc) is 2.63. The smallest absolute Gasteiger partial charge is 0.312 e. The zero-order valence-electron chi connectivity index (χ0n) is 14.0. The highest BCUT2D eigenvalue weighted by atomic mass is 19.2. The molecule has 2 aromatic carbocycles. The van der Waals surface area contributed by atoms with E-state index >= 15 is 0 Å². The van der Waals surface area contributed by atoms with Gasteiger partial charge in [-0.15, -0.1) is 0 Å². The molecule has 0 bridgehead atoms. The Bertz CT molecular complexity index is 855. The van der Waals surface area contributed by atoms with Gasteiger partial charge in [0.2, 0.25) is 0 Å². The lowest BCUT2D eigenvalue weighted by atomic mass is 9.89. The van der Waals surface area contributed by atoms with E-state index in [9.17, 15) is 23.5 Å². The Morgan fingerprint density at radius 2 is 1.92 bits per heavy atom. The number of ether oxygens (including phenoxy) is 1. The molecule has 1 aliphatic heterocycles. The van der Waals surface area contributed by atoms with Crippen molar-refractivity contribution in [1.29, 1.82) is 0 Å². The number of carboxylic acids is 1. The van der Waals surface area contributed by atoms with Gasteiger partial charge >= 0.3 is 5.97 Å². The van der Waals surface area contributed by atoms with Gasteiger partial charge < -0.3 is 14.7 Å². The minimum Gasteiger partial charge on any atom is -0.481 e. The number of amides is 1. The van der Waals surface area contributed by atoms with Gasteiger partial charge in [-0.25, -0.2) is 8.78 Å². The third-order valence-electron chi connectivity index (χ3n) is 4.36. The van der Waals surface area contributed by atoms with Crippen LogP contribution in [0.1, 0.15) is 24.0 Å². The zero-order chi connectivity index (χ0) is 18.8. The van der Waals surface area contributed by atoms with Crippen molar-refractivity contribution in [2.45, 2.75) is 25.5 Å². The molecule has 3 rings (SSSR count). The fourth-order valence-corrected chi connectivity index (χ4v) is 3.05. The molecular formula is C19H17F2NO4. The highest BCUT2D eigenvalue weighted by Crippen LogP contribution is 2.29. The van der Waals surface area contributed by atoms with Crippen LogP contribution in [-0.4, -0.2) is 34.5 Å². The van der Waals surface area contributed by atoms with E-state index < -0.39 is 35.5 Å². The van der Waals surface area contributed by atoms with E-state index in [0.717, 1.165) is 17.7 Å². The maximum absolute atomic E-state index is 13.3. The summed E-state index contributed by atoms with van der Waals surface area (Å²) in [5.41, 5.74) is 1.46. The van der Waals surface area contributed by atoms with Crippen LogP contribution >= 0.6 is 0 Å². The average molecular weight is 361 g/mol. The van der Waals surface area contributed by atoms with E-state index in [1.165, 1.54) is 17.9 Å². The minimum atomic E-state index is -1.07. The number of fused-ring (bicyclic) bond motifs is 1. The van der Waals surface area contributed by atoms with E-state index in [4.69, 9.17) is 4.74 Å². The van der Waals surface area contributed by atoms with E-state index in [2.05, 4.69) is 0 Å². The Morgan fingerprint density at radius 1 is 1.19 bits per heavy atom. The molecule has 1 amide bonds. The number of carbonyl (C=O) groups excluding carboxylic acids is 1. The van der Waals surface area contributed by atoms with Crippen molar-refractivity contribution in [3.8, 4) is 5.75 Å². The first-order chi connectivity index (χ1) is 12.4. The molecule has 0 fully saturated rings. The number of hydrogen-bond acceptors (Lipinski definition) is 3. The zero-order valence-corrected chi connectivity index (χ0v) is 14.0. The molecule has 1 heterocycles. The van der Waals surface area contributed by atoms with Crippen LogP contribution in [0.15, 0.2) is 42.5 Å². The Labute approximate surface area is 148 Å². The number of aliphatic carboxylic acids is 1. The lowest BCUT2D eigenvalue weighted by Gasteiger charge is -2.34. The third-order valence-corrected chi connectivity index (χ3v) is 4.36. The third kappa shape index (κ3) is 3.51. The van der Waals surface area contributed by atoms with Crippen LogP contribution in [0.3, 0.4) is 0 Å². The van der Waals surface area contributed by atoms with Crippen molar-refractivity contribution < 1.29 is 28.2 Å². The van der Waals surface area contributed by atoms with Gasteiger partial charge in [0.1, 0.15) is 5.75 Å². The van der Waals surface area contributed by atoms with Gasteiger partial charge in [-0.05, 0) is 30.2 Å². The molecule has 7 heteroatoms. The SMILES string of the molecule is CC(Oc1ccc(F)c(F)c1)C(=O)N1Cc2ccccc2C(C(=O)O)C1. The van der Waals surface area contributed by atoms with E-state index in [0.29, 0.717) is 5.56 Å². The van der Waals surface area contributed by atoms with Crippen molar-refractivity contribution in [3.63, 3.8) is 0 Å². The van der Waals surface area contributed by atoms with Gasteiger partial charge in [0.05, 0.1) is 5.92 Å². The van der Waals surface area contributed by atoms with Crippen molar-refractivity contribution in [2.75, 3.05) is 6.54 Å². The van der Waals surface area contributed by atoms with E-state index in [-0.39, 0.29) is 18.8 Å². The minimum absolute atomic E-state index is 0.0245. The molecule has 26 heavy (non-hydrogen) atoms. The highest BCUT2D eigenvalue weighted by Gasteiger charge is 2.34. The summed E-state index contributed by atoms with van der Waals surface area (Å²) in [5, 5.41) is 9.47. The van der Waals surface area contributed by atoms with Crippen molar-refractivity contribution in [3.05, 3.63) is 65.2 Å². The molecule has 1 aliphatic rings. The van der Waals surface area contributed by atoms with Gasteiger partial charge in [0, 0.05) is 19.2 Å². The molecule has 0 aromatic heterocycles. The highest BCUT2D eigenvalue weighted by molar-refractivity contribution is 5.84. The first-order valence-electron chi connectivity index (χ1n) is 8.08. The molecular weight excluding hydrogens is 344 g/mol. The van der Waals surface area contributed by atoms with Crippen LogP contribution < -0.4 is 4.74 Å². The number of carboxylic acid groups (broad SMARTS) is 1. The number of carbonyl (C=O) groups is 2. The first kappa shape index (κ1) is 17.8. The summed E-state index contributed by atoms with van der Waals surface area (Å²) in [4.78, 5) is 25.6. The number of nitrogens with zero attached hydrogens (tertiary/aromatic N) is 1. The van der Waals surface area contributed by atoms with Crippen molar-refractivity contribution in [2.24, 2.45) is 0 Å². The largest absolute Gasteiger partial charge is 0.481 e. The first-order valence-corrected chi connectivity index (χ1v) is 8.08. The van der Waals surface area contributed by atoms with Gasteiger partial charge in [0.25, 0.3) is 5.91 Å². The van der Waals surface area contributed by atoms with Crippen LogP contribution in [0, 0.1) is 11.6 Å². The Morgan fingerprint density at radius 3 is 2.62 bits per heavy atom. The Hall–Kier alpha value is -2.96. The summed E-state index contributed by atoms with van der Waals surface area (Å²) in [6.45, 7) is 1.78. The molecule has 136 valence electrons. The quantitative estimate of drug-likeness (QED) is 0.909. The molecule has 0 radical (unpaired) electrons. The van der Waals surface area contributed by atoms with Crippen molar-refractivity contribution >= 4 is 11.9 Å². The molecule has 0 aliphatic carbocycles. The van der Waals surface area contributed by atoms with Gasteiger partial charge in [-0.3, -0.25) is 9.59 Å². The Kier molecular flexibility index (Phi) is 4.88. The molecule has 2 unspecified atom stereocenters. The predicted octanol–water partition coefficient (Wildman–Crippen LogP) is 2.94. The molecule has 2 aromatic rings. The number of halogens is 2. The molecule has 0 saturated heterocycles. The summed E-state index contributed by atoms with van der Waals surface area (Å²) in [7, 11) is 0. The number of hydrogen-bond donors (Lipinski definition) is 1. The summed E-state index contributed by atoms with van der Waals surface area (Å²) in [6.07, 6.45) is -0.973. The topological polar surface area (TPSA) is 66.8 Å². The summed E-state index contributed by atoms with van der Waals surface area (Å²) in [6, 6.07) is 10.1. The predicted molar refractivity (Wildman–Crippen MR) is 88.7 cm³/mol. The number of rotatable bonds is 4. The van der Waals surface area contributed by atoms with E-state index in [1.807, 2.05) is 0 Å². The number of benzene rings is 2. The second-order valence-electron chi connectivity index (χ2n) is 6.14. The maximum atomic E-state index is 13.3. The van der Waals surface area contributed by atoms with Crippen LogP contribution in [0.25, 0.3) is 0 Å². The molecule has 1 N–H and O–H groups in total. The van der Waals surface area contributed by atoms with Gasteiger partial charge in [0.15, 0.2) is 17.7 Å². The van der Waals surface area contributed by atoms with Crippen LogP contribution in [0.2, 0.25) is 0 Å². The lowest BCUT2D eigenvalue weighted by molar-refractivity contribution is -0.143. The second kappa shape index (κ2) is 7.11. The van der Waals surface area contributed by atoms with Gasteiger partial charge in [-0.2, -0.15) is 0 Å². The second-order valence-corrected chi connectivity index (χ2v) is 6.14. The summed E-state index contributed by atoms with van der Waals surface area (Å²) >= 11 is 0. The van der Waals surface area contributed by atoms with Crippen LogP contribution in [0.5, 0.6) is 5.75 Å². The molecule has 2 atom stereocenters. The summed E-state index contributed by atoms with van der Waals surface area (Å²) in [5.74, 6) is -4.30. The van der Waals surface area contributed by atoms with Crippen molar-refractivity contribution in [1.82, 2.24) is 4.90 Å². The lowest BCUT2D eigenvalue weighted by Crippen LogP contribution is -2.45. The fourth-order valence-electron chi connectivity index (χ4n) is 3.05. The van der Waals surface area contributed by atoms with Crippen LogP contribution in [0.4, 0.5) is 8.78 Å². The normalized spacial score (nSPS) is 17.3. The van der Waals surface area contributed by atoms with Gasteiger partial charge in [-0.1, -0.05) is 24.3 Å². The molecule has 0 saturated carbocycles. The Balaban J connectivity index is 1.77. The van der Waals surface area contributed by atoms with E-state index in [1.54, 1.807) is 24.3 Å². The molecule has 5 nitrogen and oxygen atoms in total. The fraction of sp³-hybridized carbons (Fsp3) is 0.263. The van der Waals surface area contributed by atoms with Crippen LogP contribution in [-0.2, 0) is 16.1 Å².